The summed E-state index contributed by atoms with van der Waals surface area (Å²) in [5.41, 5.74) is 0.558. The molecule has 1 atom stereocenters. The summed E-state index contributed by atoms with van der Waals surface area (Å²) in [6.07, 6.45) is 1.90. The number of sulfonamides is 1. The highest BCUT2D eigenvalue weighted by molar-refractivity contribution is 7.89. The fourth-order valence-electron chi connectivity index (χ4n) is 2.58. The highest BCUT2D eigenvalue weighted by atomic mass is 32.2. The summed E-state index contributed by atoms with van der Waals surface area (Å²) in [4.78, 5) is 15.2. The van der Waals surface area contributed by atoms with Gasteiger partial charge in [-0.05, 0) is 30.7 Å². The lowest BCUT2D eigenvalue weighted by Crippen LogP contribution is -2.28. The number of benzene rings is 1. The molecule has 1 N–H and O–H groups in total. The van der Waals surface area contributed by atoms with Gasteiger partial charge in [0.25, 0.3) is 0 Å². The van der Waals surface area contributed by atoms with E-state index in [0.717, 1.165) is 0 Å². The van der Waals surface area contributed by atoms with Crippen molar-refractivity contribution in [1.29, 1.82) is 0 Å². The Hall–Kier alpha value is -2.26. The van der Waals surface area contributed by atoms with Crippen LogP contribution in [0.25, 0.3) is 0 Å². The van der Waals surface area contributed by atoms with Crippen molar-refractivity contribution in [2.24, 2.45) is 0 Å². The SMILES string of the molecule is CC(=O)Nc1ccc(S(=O)(=O)N2CC[C@@H](c3ncon3)C2)cc1. The van der Waals surface area contributed by atoms with Crippen LogP contribution in [-0.2, 0) is 14.8 Å². The number of carbonyl (C=O) groups excluding carboxylic acids is 1. The number of nitrogens with zero attached hydrogens (tertiary/aromatic N) is 3. The van der Waals surface area contributed by atoms with Crippen LogP contribution in [0.5, 0.6) is 0 Å². The Kier molecular flexibility index (Phi) is 4.14. The molecule has 2 heterocycles. The highest BCUT2D eigenvalue weighted by Crippen LogP contribution is 2.29. The average Bonchev–Trinajstić information content (AvgIpc) is 3.18. The smallest absolute Gasteiger partial charge is 0.243 e. The molecular weight excluding hydrogens is 320 g/mol. The standard InChI is InChI=1S/C14H16N4O4S/c1-10(19)16-12-2-4-13(5-3-12)23(20,21)18-7-6-11(8-18)14-15-9-22-17-14/h2-5,9,11H,6-8H2,1H3,(H,16,19)/t11-/m1/s1. The predicted molar refractivity (Wildman–Crippen MR) is 81.2 cm³/mol. The Morgan fingerprint density at radius 1 is 1.35 bits per heavy atom. The van der Waals surface area contributed by atoms with E-state index in [1.54, 1.807) is 12.1 Å². The molecule has 1 amide bonds. The quantitative estimate of drug-likeness (QED) is 0.899. The molecule has 0 radical (unpaired) electrons. The summed E-state index contributed by atoms with van der Waals surface area (Å²) in [5.74, 6) is 0.272. The van der Waals surface area contributed by atoms with Crippen LogP contribution in [0.15, 0.2) is 40.1 Å². The summed E-state index contributed by atoms with van der Waals surface area (Å²) in [7, 11) is -3.57. The van der Waals surface area contributed by atoms with E-state index in [-0.39, 0.29) is 16.7 Å². The van der Waals surface area contributed by atoms with Crippen molar-refractivity contribution in [2.75, 3.05) is 18.4 Å². The maximum atomic E-state index is 12.7. The van der Waals surface area contributed by atoms with Crippen LogP contribution in [0, 0.1) is 0 Å². The van der Waals surface area contributed by atoms with Crippen LogP contribution in [-0.4, -0.2) is 41.9 Å². The number of hydrogen-bond acceptors (Lipinski definition) is 6. The summed E-state index contributed by atoms with van der Waals surface area (Å²) < 4.78 is 31.4. The first-order valence-corrected chi connectivity index (χ1v) is 8.55. The van der Waals surface area contributed by atoms with E-state index in [0.29, 0.717) is 31.0 Å². The number of aromatic nitrogens is 2. The molecule has 1 fully saturated rings. The van der Waals surface area contributed by atoms with Crippen LogP contribution >= 0.6 is 0 Å². The van der Waals surface area contributed by atoms with Gasteiger partial charge >= 0.3 is 0 Å². The maximum Gasteiger partial charge on any atom is 0.243 e. The van der Waals surface area contributed by atoms with Gasteiger partial charge in [-0.1, -0.05) is 5.16 Å². The van der Waals surface area contributed by atoms with E-state index >= 15 is 0 Å². The number of amides is 1. The van der Waals surface area contributed by atoms with E-state index in [4.69, 9.17) is 4.52 Å². The Morgan fingerprint density at radius 3 is 2.70 bits per heavy atom. The van der Waals surface area contributed by atoms with Crippen molar-refractivity contribution in [1.82, 2.24) is 14.4 Å². The Bertz CT molecular complexity index is 787. The van der Waals surface area contributed by atoms with Crippen LogP contribution < -0.4 is 5.32 Å². The lowest BCUT2D eigenvalue weighted by molar-refractivity contribution is -0.114. The molecule has 0 spiro atoms. The van der Waals surface area contributed by atoms with Crippen LogP contribution in [0.1, 0.15) is 25.1 Å². The third kappa shape index (κ3) is 3.25. The molecule has 2 aromatic rings. The lowest BCUT2D eigenvalue weighted by atomic mass is 10.1. The van der Waals surface area contributed by atoms with Gasteiger partial charge < -0.3 is 9.84 Å². The summed E-state index contributed by atoms with van der Waals surface area (Å²) in [6, 6.07) is 6.12. The molecule has 0 saturated carbocycles. The van der Waals surface area contributed by atoms with Crippen LogP contribution in [0.4, 0.5) is 5.69 Å². The molecule has 0 bridgehead atoms. The van der Waals surface area contributed by atoms with E-state index in [1.807, 2.05) is 0 Å². The first kappa shape index (κ1) is 15.6. The van der Waals surface area contributed by atoms with E-state index in [1.165, 1.54) is 29.8 Å². The number of anilines is 1. The molecule has 1 aliphatic heterocycles. The summed E-state index contributed by atoms with van der Waals surface area (Å²) in [6.45, 7) is 2.14. The molecule has 1 aliphatic rings. The zero-order valence-corrected chi connectivity index (χ0v) is 13.3. The monoisotopic (exact) mass is 336 g/mol. The molecule has 3 rings (SSSR count). The van der Waals surface area contributed by atoms with Crippen molar-refractivity contribution in [2.45, 2.75) is 24.2 Å². The topological polar surface area (TPSA) is 105 Å². The van der Waals surface area contributed by atoms with Gasteiger partial charge in [0.15, 0.2) is 5.82 Å². The van der Waals surface area contributed by atoms with E-state index < -0.39 is 10.0 Å². The largest absolute Gasteiger partial charge is 0.343 e. The van der Waals surface area contributed by atoms with Crippen molar-refractivity contribution in [3.63, 3.8) is 0 Å². The van der Waals surface area contributed by atoms with Crippen molar-refractivity contribution in [3.8, 4) is 0 Å². The first-order chi connectivity index (χ1) is 11.0. The minimum atomic E-state index is -3.57. The van der Waals surface area contributed by atoms with E-state index in [2.05, 4.69) is 15.5 Å². The molecule has 1 saturated heterocycles. The first-order valence-electron chi connectivity index (χ1n) is 7.11. The molecule has 23 heavy (non-hydrogen) atoms. The number of carbonyl (C=O) groups is 1. The van der Waals surface area contributed by atoms with Gasteiger partial charge in [0, 0.05) is 31.6 Å². The highest BCUT2D eigenvalue weighted by Gasteiger charge is 2.34. The minimum Gasteiger partial charge on any atom is -0.343 e. The number of hydrogen-bond donors (Lipinski definition) is 1. The molecule has 1 aromatic heterocycles. The van der Waals surface area contributed by atoms with Crippen LogP contribution in [0.3, 0.4) is 0 Å². The van der Waals surface area contributed by atoms with Gasteiger partial charge in [-0.2, -0.15) is 9.29 Å². The predicted octanol–water partition coefficient (Wildman–Crippen LogP) is 1.21. The number of nitrogens with one attached hydrogen (secondary N) is 1. The Morgan fingerprint density at radius 2 is 2.09 bits per heavy atom. The van der Waals surface area contributed by atoms with Crippen molar-refractivity contribution in [3.05, 3.63) is 36.5 Å². The zero-order chi connectivity index (χ0) is 16.4. The molecule has 0 aliphatic carbocycles. The lowest BCUT2D eigenvalue weighted by Gasteiger charge is -2.16. The van der Waals surface area contributed by atoms with Gasteiger partial charge in [0.1, 0.15) is 0 Å². The maximum absolute atomic E-state index is 12.7. The van der Waals surface area contributed by atoms with Crippen molar-refractivity contribution < 1.29 is 17.7 Å². The van der Waals surface area contributed by atoms with Gasteiger partial charge in [-0.3, -0.25) is 4.79 Å². The van der Waals surface area contributed by atoms with Gasteiger partial charge in [-0.25, -0.2) is 8.42 Å². The van der Waals surface area contributed by atoms with Gasteiger partial charge in [0.2, 0.25) is 22.3 Å². The molecule has 9 heteroatoms. The summed E-state index contributed by atoms with van der Waals surface area (Å²) in [5, 5.41) is 6.38. The fourth-order valence-corrected chi connectivity index (χ4v) is 4.08. The number of rotatable bonds is 4. The molecule has 122 valence electrons. The average molecular weight is 336 g/mol. The van der Waals surface area contributed by atoms with Gasteiger partial charge in [-0.15, -0.1) is 0 Å². The normalized spacial score (nSPS) is 18.9. The second kappa shape index (κ2) is 6.09. The van der Waals surface area contributed by atoms with Crippen molar-refractivity contribution >= 4 is 21.6 Å². The zero-order valence-electron chi connectivity index (χ0n) is 12.5. The molecule has 0 unspecified atom stereocenters. The van der Waals surface area contributed by atoms with Crippen LogP contribution in [0.2, 0.25) is 0 Å². The molecule has 1 aromatic carbocycles. The molecular formula is C14H16N4O4S. The fraction of sp³-hybridized carbons (Fsp3) is 0.357. The second-order valence-corrected chi connectivity index (χ2v) is 7.28. The minimum absolute atomic E-state index is 0.0535. The third-order valence-corrected chi connectivity index (χ3v) is 5.59. The van der Waals surface area contributed by atoms with E-state index in [9.17, 15) is 13.2 Å². The Balaban J connectivity index is 1.75. The van der Waals surface area contributed by atoms with Gasteiger partial charge in [0.05, 0.1) is 4.90 Å². The Labute approximate surface area is 133 Å². The third-order valence-electron chi connectivity index (χ3n) is 3.71. The second-order valence-electron chi connectivity index (χ2n) is 5.34. The summed E-state index contributed by atoms with van der Waals surface area (Å²) >= 11 is 0. The molecule has 8 nitrogen and oxygen atoms in total.